The molecule has 3 rings (SSSR count). The standard InChI is InChI=1S/C32H43FN2O7/c1-31(2,3)42-30(38)34(6)26(21-32(4,5)33)28(36)41-27(29(37)40-22-24-10-8-7-9-11-24)20-23-12-14-25(15-13-23)35-16-18-39-19-17-35/h7-15,26-27H,16-22H2,1-6H3. The fourth-order valence-corrected chi connectivity index (χ4v) is 4.39. The zero-order valence-corrected chi connectivity index (χ0v) is 25.4. The number of morpholine rings is 1. The molecule has 1 amide bonds. The number of rotatable bonds is 11. The summed E-state index contributed by atoms with van der Waals surface area (Å²) in [7, 11) is 1.35. The second-order valence-electron chi connectivity index (χ2n) is 12.0. The first-order valence-corrected chi connectivity index (χ1v) is 14.2. The Morgan fingerprint density at radius 3 is 2.12 bits per heavy atom. The van der Waals surface area contributed by atoms with Crippen molar-refractivity contribution >= 4 is 23.7 Å². The Bertz CT molecular complexity index is 1170. The maximum atomic E-state index is 14.8. The number of hydrogen-bond acceptors (Lipinski definition) is 8. The summed E-state index contributed by atoms with van der Waals surface area (Å²) in [5.41, 5.74) is -0.121. The van der Waals surface area contributed by atoms with Crippen molar-refractivity contribution in [3.05, 3.63) is 65.7 Å². The number of carbonyl (C=O) groups excluding carboxylic acids is 3. The molecule has 1 aliphatic heterocycles. The molecule has 2 aromatic carbocycles. The minimum atomic E-state index is -1.82. The SMILES string of the molecule is CN(C(=O)OC(C)(C)C)C(CC(C)(C)F)C(=O)OC(Cc1ccc(N2CCOCC2)cc1)C(=O)OCc1ccccc1. The zero-order chi connectivity index (χ0) is 30.9. The molecule has 2 unspecified atom stereocenters. The number of esters is 2. The molecular formula is C32H43FN2O7. The van der Waals surface area contributed by atoms with Gasteiger partial charge < -0.3 is 23.8 Å². The van der Waals surface area contributed by atoms with E-state index in [2.05, 4.69) is 4.90 Å². The molecule has 1 heterocycles. The summed E-state index contributed by atoms with van der Waals surface area (Å²) in [5, 5.41) is 0. The molecule has 0 radical (unpaired) electrons. The highest BCUT2D eigenvalue weighted by molar-refractivity contribution is 5.85. The van der Waals surface area contributed by atoms with E-state index >= 15 is 0 Å². The van der Waals surface area contributed by atoms with Crippen LogP contribution in [0.4, 0.5) is 14.9 Å². The Balaban J connectivity index is 1.81. The summed E-state index contributed by atoms with van der Waals surface area (Å²) >= 11 is 0. The fraction of sp³-hybridized carbons (Fsp3) is 0.531. The van der Waals surface area contributed by atoms with Crippen LogP contribution < -0.4 is 4.90 Å². The van der Waals surface area contributed by atoms with Crippen molar-refractivity contribution in [2.75, 3.05) is 38.3 Å². The number of anilines is 1. The van der Waals surface area contributed by atoms with Gasteiger partial charge in [-0.15, -0.1) is 0 Å². The van der Waals surface area contributed by atoms with Crippen molar-refractivity contribution < 1.29 is 37.7 Å². The number of carbonyl (C=O) groups is 3. The number of amides is 1. The lowest BCUT2D eigenvalue weighted by molar-refractivity contribution is -0.172. The monoisotopic (exact) mass is 586 g/mol. The molecule has 1 saturated heterocycles. The first-order valence-electron chi connectivity index (χ1n) is 14.2. The lowest BCUT2D eigenvalue weighted by atomic mass is 10.00. The van der Waals surface area contributed by atoms with Gasteiger partial charge in [-0.1, -0.05) is 42.5 Å². The Labute approximate surface area is 247 Å². The van der Waals surface area contributed by atoms with E-state index in [1.807, 2.05) is 54.6 Å². The third-order valence-corrected chi connectivity index (χ3v) is 6.58. The topological polar surface area (TPSA) is 94.6 Å². The lowest BCUT2D eigenvalue weighted by Crippen LogP contribution is -2.49. The summed E-state index contributed by atoms with van der Waals surface area (Å²) < 4.78 is 36.9. The summed E-state index contributed by atoms with van der Waals surface area (Å²) in [6, 6.07) is 15.4. The van der Waals surface area contributed by atoms with Crippen LogP contribution in [0.5, 0.6) is 0 Å². The molecule has 42 heavy (non-hydrogen) atoms. The molecule has 0 aromatic heterocycles. The van der Waals surface area contributed by atoms with Crippen LogP contribution >= 0.6 is 0 Å². The van der Waals surface area contributed by atoms with E-state index in [9.17, 15) is 18.8 Å². The lowest BCUT2D eigenvalue weighted by Gasteiger charge is -2.32. The number of hydrogen-bond donors (Lipinski definition) is 0. The van der Waals surface area contributed by atoms with Crippen LogP contribution in [0.1, 0.15) is 52.2 Å². The molecule has 10 heteroatoms. The van der Waals surface area contributed by atoms with Crippen LogP contribution in [0, 0.1) is 0 Å². The molecule has 2 atom stereocenters. The Morgan fingerprint density at radius 1 is 0.929 bits per heavy atom. The van der Waals surface area contributed by atoms with Crippen LogP contribution in [0.3, 0.4) is 0 Å². The van der Waals surface area contributed by atoms with Gasteiger partial charge in [0.25, 0.3) is 0 Å². The van der Waals surface area contributed by atoms with Gasteiger partial charge in [-0.2, -0.15) is 0 Å². The second-order valence-corrected chi connectivity index (χ2v) is 12.0. The molecule has 2 aromatic rings. The molecule has 1 aliphatic rings. The Morgan fingerprint density at radius 2 is 1.55 bits per heavy atom. The van der Waals surface area contributed by atoms with E-state index in [-0.39, 0.29) is 19.4 Å². The molecule has 1 fully saturated rings. The van der Waals surface area contributed by atoms with Crippen molar-refractivity contribution in [2.45, 2.75) is 77.5 Å². The van der Waals surface area contributed by atoms with Gasteiger partial charge in [0, 0.05) is 38.7 Å². The highest BCUT2D eigenvalue weighted by atomic mass is 19.1. The number of likely N-dealkylation sites (N-methyl/N-ethyl adjacent to an activating group) is 1. The average molecular weight is 587 g/mol. The van der Waals surface area contributed by atoms with Gasteiger partial charge in [-0.05, 0) is 57.9 Å². The smallest absolute Gasteiger partial charge is 0.410 e. The highest BCUT2D eigenvalue weighted by Crippen LogP contribution is 2.24. The van der Waals surface area contributed by atoms with Crippen molar-refractivity contribution in [2.24, 2.45) is 0 Å². The molecule has 0 bridgehead atoms. The average Bonchev–Trinajstić information content (AvgIpc) is 2.94. The maximum Gasteiger partial charge on any atom is 0.410 e. The van der Waals surface area contributed by atoms with Gasteiger partial charge in [0.1, 0.15) is 23.9 Å². The molecule has 0 spiro atoms. The molecule has 0 saturated carbocycles. The van der Waals surface area contributed by atoms with Crippen molar-refractivity contribution in [1.82, 2.24) is 4.90 Å². The number of nitrogens with zero attached hydrogens (tertiary/aromatic N) is 2. The minimum absolute atomic E-state index is 0.0115. The van der Waals surface area contributed by atoms with Gasteiger partial charge in [0.2, 0.25) is 6.10 Å². The third-order valence-electron chi connectivity index (χ3n) is 6.58. The van der Waals surface area contributed by atoms with Crippen molar-refractivity contribution in [3.8, 4) is 0 Å². The van der Waals surface area contributed by atoms with Crippen LogP contribution in [0.15, 0.2) is 54.6 Å². The largest absolute Gasteiger partial charge is 0.458 e. The molecule has 0 aliphatic carbocycles. The van der Waals surface area contributed by atoms with E-state index in [0.29, 0.717) is 13.2 Å². The maximum absolute atomic E-state index is 14.8. The predicted octanol–water partition coefficient (Wildman–Crippen LogP) is 5.09. The normalized spacial score (nSPS) is 15.4. The van der Waals surface area contributed by atoms with Crippen LogP contribution in [-0.2, 0) is 41.6 Å². The van der Waals surface area contributed by atoms with E-state index in [0.717, 1.165) is 34.8 Å². The summed E-state index contributed by atoms with van der Waals surface area (Å²) in [6.07, 6.45) is -2.46. The number of ether oxygens (including phenoxy) is 4. The van der Waals surface area contributed by atoms with Crippen LogP contribution in [0.2, 0.25) is 0 Å². The van der Waals surface area contributed by atoms with Crippen LogP contribution in [-0.4, -0.2) is 79.7 Å². The molecule has 9 nitrogen and oxygen atoms in total. The van der Waals surface area contributed by atoms with E-state index in [4.69, 9.17) is 18.9 Å². The zero-order valence-electron chi connectivity index (χ0n) is 25.4. The van der Waals surface area contributed by atoms with Crippen molar-refractivity contribution in [3.63, 3.8) is 0 Å². The van der Waals surface area contributed by atoms with Crippen molar-refractivity contribution in [1.29, 1.82) is 0 Å². The molecular weight excluding hydrogens is 543 g/mol. The first kappa shape index (κ1) is 32.8. The minimum Gasteiger partial charge on any atom is -0.458 e. The second kappa shape index (κ2) is 14.5. The van der Waals surface area contributed by atoms with Gasteiger partial charge in [0.15, 0.2) is 0 Å². The number of halogens is 1. The summed E-state index contributed by atoms with van der Waals surface area (Å²) in [6.45, 7) is 10.5. The molecule has 0 N–H and O–H groups in total. The highest BCUT2D eigenvalue weighted by Gasteiger charge is 2.38. The quantitative estimate of drug-likeness (QED) is 0.265. The summed E-state index contributed by atoms with van der Waals surface area (Å²) in [4.78, 5) is 42.8. The fourth-order valence-electron chi connectivity index (χ4n) is 4.39. The van der Waals surface area contributed by atoms with E-state index in [1.165, 1.54) is 20.9 Å². The van der Waals surface area contributed by atoms with E-state index < -0.39 is 41.4 Å². The van der Waals surface area contributed by atoms with Gasteiger partial charge in [-0.25, -0.2) is 18.8 Å². The number of alkyl halides is 1. The first-order chi connectivity index (χ1) is 19.7. The number of benzene rings is 2. The summed E-state index contributed by atoms with van der Waals surface area (Å²) in [5.74, 6) is -1.68. The van der Waals surface area contributed by atoms with Gasteiger partial charge in [0.05, 0.1) is 13.2 Å². The van der Waals surface area contributed by atoms with E-state index in [1.54, 1.807) is 20.8 Å². The Kier molecular flexibility index (Phi) is 11.3. The van der Waals surface area contributed by atoms with Crippen LogP contribution in [0.25, 0.3) is 0 Å². The third kappa shape index (κ3) is 10.6. The molecule has 230 valence electrons. The van der Waals surface area contributed by atoms with Gasteiger partial charge in [-0.3, -0.25) is 4.90 Å². The van der Waals surface area contributed by atoms with Gasteiger partial charge >= 0.3 is 18.0 Å². The predicted molar refractivity (Wildman–Crippen MR) is 157 cm³/mol. The Hall–Kier alpha value is -3.66.